The van der Waals surface area contributed by atoms with Crippen LogP contribution in [0.3, 0.4) is 0 Å². The van der Waals surface area contributed by atoms with Gasteiger partial charge in [0.2, 0.25) is 0 Å². The molecule has 0 aliphatic carbocycles. The summed E-state index contributed by atoms with van der Waals surface area (Å²) < 4.78 is 0. The van der Waals surface area contributed by atoms with Crippen LogP contribution in [0.5, 0.6) is 0 Å². The summed E-state index contributed by atoms with van der Waals surface area (Å²) in [4.78, 5) is 28.0. The van der Waals surface area contributed by atoms with Crippen molar-refractivity contribution in [1.29, 1.82) is 0 Å². The van der Waals surface area contributed by atoms with Gasteiger partial charge in [0.25, 0.3) is 4.92 Å². The number of carboxylic acid groups (broad SMARTS) is 1. The highest BCUT2D eigenvalue weighted by molar-refractivity contribution is 7.99. The highest BCUT2D eigenvalue weighted by Crippen LogP contribution is 2.32. The van der Waals surface area contributed by atoms with Crippen LogP contribution in [-0.2, 0) is 4.79 Å². The molecule has 0 atom stereocenters. The first kappa shape index (κ1) is 18.5. The van der Waals surface area contributed by atoms with Crippen molar-refractivity contribution >= 4 is 40.1 Å². The number of aliphatic carboxylic acids is 1. The Hall–Kier alpha value is -3.86. The molecule has 0 fully saturated rings. The molecule has 0 unspecified atom stereocenters. The standard InChI is InChI=1S/C18H14N6O4S/c19-15-7-11-3-9(1-2-14(11)20-15)10-4-12(6-13(5-10)24(27)28)17-21-18(23-22-17)29-8-16(25)26/h1-7,20H,8,19H2,(H2-,21,22,23,25,26,27,28)/p+1. The zero-order chi connectivity index (χ0) is 20.5. The van der Waals surface area contributed by atoms with Crippen LogP contribution < -0.4 is 5.73 Å². The second-order valence-corrected chi connectivity index (χ2v) is 7.19. The number of carboxylic acids is 1. The molecule has 11 heteroatoms. The van der Waals surface area contributed by atoms with E-state index in [2.05, 4.69) is 20.2 Å². The Balaban J connectivity index is 1.76. The fourth-order valence-corrected chi connectivity index (χ4v) is 3.46. The van der Waals surface area contributed by atoms with Gasteiger partial charge in [-0.05, 0) is 35.4 Å². The van der Waals surface area contributed by atoms with Crippen LogP contribution in [0.15, 0.2) is 47.6 Å². The second-order valence-electron chi connectivity index (χ2n) is 6.23. The molecule has 0 aliphatic heterocycles. The molecule has 0 amide bonds. The summed E-state index contributed by atoms with van der Waals surface area (Å²) in [5, 5.41) is 27.4. The lowest BCUT2D eigenvalue weighted by atomic mass is 10.0. The van der Waals surface area contributed by atoms with Crippen LogP contribution in [0.25, 0.3) is 33.4 Å². The van der Waals surface area contributed by atoms with Gasteiger partial charge in [-0.15, -0.1) is 10.2 Å². The number of benzene rings is 2. The molecule has 4 rings (SSSR count). The normalized spacial score (nSPS) is 11.0. The summed E-state index contributed by atoms with van der Waals surface area (Å²) in [6.45, 7) is 0. The highest BCUT2D eigenvalue weighted by Gasteiger charge is 2.18. The van der Waals surface area contributed by atoms with Crippen LogP contribution >= 0.6 is 11.8 Å². The highest BCUT2D eigenvalue weighted by atomic mass is 32.2. The van der Waals surface area contributed by atoms with Gasteiger partial charge in [-0.1, -0.05) is 17.8 Å². The largest absolute Gasteiger partial charge is 0.481 e. The SMILES string of the molecule is Nc1cc2cc(-c3cc(-c4nnc(SCC(=O)O)[nH]4)cc([N+](=O)O)c3)ccc2[nH]1. The monoisotopic (exact) mass is 411 g/mol. The number of rotatable bonds is 6. The fraction of sp³-hybridized carbons (Fsp3) is 0.0556. The third-order valence-corrected chi connectivity index (χ3v) is 5.03. The number of H-pyrrole nitrogens is 2. The van der Waals surface area contributed by atoms with E-state index in [9.17, 15) is 14.9 Å². The van der Waals surface area contributed by atoms with Crippen molar-refractivity contribution in [2.75, 3.05) is 11.5 Å². The number of aromatic nitrogens is 4. The number of hydrogen-bond donors (Lipinski definition) is 5. The van der Waals surface area contributed by atoms with E-state index in [1.807, 2.05) is 18.2 Å². The summed E-state index contributed by atoms with van der Waals surface area (Å²) in [5.74, 6) is -0.249. The number of carbonyl (C=O) groups is 1. The number of aromatic amines is 2. The first-order valence-electron chi connectivity index (χ1n) is 8.36. The van der Waals surface area contributed by atoms with E-state index in [1.165, 1.54) is 6.07 Å². The summed E-state index contributed by atoms with van der Waals surface area (Å²) in [6.07, 6.45) is 0. The number of anilines is 1. The smallest absolute Gasteiger partial charge is 0.317 e. The Morgan fingerprint density at radius 2 is 1.86 bits per heavy atom. The molecule has 0 saturated heterocycles. The predicted molar refractivity (Wildman–Crippen MR) is 107 cm³/mol. The van der Waals surface area contributed by atoms with Gasteiger partial charge in [0.05, 0.1) is 10.7 Å². The third kappa shape index (κ3) is 3.89. The average molecular weight is 411 g/mol. The zero-order valence-corrected chi connectivity index (χ0v) is 15.6. The van der Waals surface area contributed by atoms with Crippen LogP contribution in [0.2, 0.25) is 0 Å². The van der Waals surface area contributed by atoms with E-state index in [-0.39, 0.29) is 16.4 Å². The number of nitrogens with one attached hydrogen (secondary N) is 2. The van der Waals surface area contributed by atoms with E-state index < -0.39 is 5.97 Å². The minimum absolute atomic E-state index is 0.0160. The summed E-state index contributed by atoms with van der Waals surface area (Å²) in [6, 6.07) is 12.2. The summed E-state index contributed by atoms with van der Waals surface area (Å²) >= 11 is 0.993. The Morgan fingerprint density at radius 3 is 2.62 bits per heavy atom. The predicted octanol–water partition coefficient (Wildman–Crippen LogP) is 3.18. The number of nitrogens with zero attached hydrogens (tertiary/aromatic N) is 3. The Bertz CT molecular complexity index is 1250. The Kier molecular flexibility index (Phi) is 4.64. The van der Waals surface area contributed by atoms with Crippen molar-refractivity contribution in [3.8, 4) is 22.5 Å². The zero-order valence-electron chi connectivity index (χ0n) is 14.8. The fourth-order valence-electron chi connectivity index (χ4n) is 2.93. The second kappa shape index (κ2) is 7.28. The number of fused-ring (bicyclic) bond motifs is 1. The summed E-state index contributed by atoms with van der Waals surface area (Å²) in [5.41, 5.74) is 8.68. The molecule has 146 valence electrons. The van der Waals surface area contributed by atoms with E-state index in [1.54, 1.807) is 18.2 Å². The number of nitrogen functional groups attached to an aromatic ring is 1. The molecule has 0 spiro atoms. The third-order valence-electron chi connectivity index (χ3n) is 4.19. The maximum atomic E-state index is 11.5. The number of thioether (sulfide) groups is 1. The molecule has 6 N–H and O–H groups in total. The number of hydrogen-bond acceptors (Lipinski definition) is 6. The van der Waals surface area contributed by atoms with Crippen molar-refractivity contribution < 1.29 is 20.0 Å². The maximum Gasteiger partial charge on any atom is 0.317 e. The average Bonchev–Trinajstić information content (AvgIpc) is 3.30. The molecule has 4 aromatic rings. The molecule has 29 heavy (non-hydrogen) atoms. The van der Waals surface area contributed by atoms with E-state index in [0.29, 0.717) is 27.9 Å². The minimum Gasteiger partial charge on any atom is -0.481 e. The molecule has 2 aromatic carbocycles. The first-order chi connectivity index (χ1) is 13.9. The van der Waals surface area contributed by atoms with Crippen molar-refractivity contribution in [2.45, 2.75) is 5.16 Å². The lowest BCUT2D eigenvalue weighted by molar-refractivity contribution is -0.729. The molecular formula is C18H15N6O4S+. The van der Waals surface area contributed by atoms with Crippen molar-refractivity contribution in [2.24, 2.45) is 0 Å². The van der Waals surface area contributed by atoms with Crippen LogP contribution in [-0.4, -0.2) is 47.1 Å². The van der Waals surface area contributed by atoms with Gasteiger partial charge < -0.3 is 20.8 Å². The lowest BCUT2D eigenvalue weighted by Crippen LogP contribution is -1.97. The molecule has 2 aromatic heterocycles. The molecule has 2 heterocycles. The quantitative estimate of drug-likeness (QED) is 0.239. The molecule has 0 aliphatic rings. The minimum atomic E-state index is -0.972. The topological polar surface area (TPSA) is 161 Å². The maximum absolute atomic E-state index is 11.5. The van der Waals surface area contributed by atoms with Gasteiger partial charge in [0.1, 0.15) is 5.82 Å². The van der Waals surface area contributed by atoms with Crippen LogP contribution in [0.1, 0.15) is 0 Å². The van der Waals surface area contributed by atoms with Gasteiger partial charge in [0, 0.05) is 28.6 Å². The van der Waals surface area contributed by atoms with Crippen molar-refractivity contribution in [3.05, 3.63) is 47.4 Å². The first-order valence-corrected chi connectivity index (χ1v) is 9.35. The molecule has 0 radical (unpaired) electrons. The molecule has 0 bridgehead atoms. The molecule has 0 saturated carbocycles. The Labute approximate surface area is 167 Å². The van der Waals surface area contributed by atoms with E-state index >= 15 is 0 Å². The number of nitrogens with two attached hydrogens (primary N) is 1. The summed E-state index contributed by atoms with van der Waals surface area (Å²) in [7, 11) is 0. The molecule has 10 nitrogen and oxygen atoms in total. The van der Waals surface area contributed by atoms with Gasteiger partial charge >= 0.3 is 11.7 Å². The van der Waals surface area contributed by atoms with Crippen LogP contribution in [0, 0.1) is 4.91 Å². The molecular weight excluding hydrogens is 396 g/mol. The Morgan fingerprint density at radius 1 is 1.07 bits per heavy atom. The van der Waals surface area contributed by atoms with Crippen molar-refractivity contribution in [3.63, 3.8) is 0 Å². The van der Waals surface area contributed by atoms with Gasteiger partial charge in [0.15, 0.2) is 11.0 Å². The van der Waals surface area contributed by atoms with E-state index in [4.69, 9.17) is 10.8 Å². The lowest BCUT2D eigenvalue weighted by Gasteiger charge is -2.04. The van der Waals surface area contributed by atoms with Crippen LogP contribution in [0.4, 0.5) is 11.5 Å². The van der Waals surface area contributed by atoms with Crippen molar-refractivity contribution in [1.82, 2.24) is 20.2 Å². The van der Waals surface area contributed by atoms with Gasteiger partial charge in [-0.3, -0.25) is 4.79 Å². The van der Waals surface area contributed by atoms with Gasteiger partial charge in [-0.25, -0.2) is 5.21 Å². The van der Waals surface area contributed by atoms with Gasteiger partial charge in [-0.2, -0.15) is 0 Å². The van der Waals surface area contributed by atoms with E-state index in [0.717, 1.165) is 28.2 Å².